The van der Waals surface area contributed by atoms with Crippen LogP contribution in [-0.4, -0.2) is 41.8 Å². The van der Waals surface area contributed by atoms with E-state index in [1.165, 1.54) is 6.08 Å². The number of carbonyl (C=O) groups is 3. The first-order valence-corrected chi connectivity index (χ1v) is 9.62. The van der Waals surface area contributed by atoms with Gasteiger partial charge in [0.15, 0.2) is 0 Å². The summed E-state index contributed by atoms with van der Waals surface area (Å²) in [5, 5.41) is 10.2. The maximum atomic E-state index is 12.6. The largest absolute Gasteiger partial charge is 0.546 e. The van der Waals surface area contributed by atoms with Crippen molar-refractivity contribution in [2.75, 3.05) is 19.8 Å². The van der Waals surface area contributed by atoms with Crippen molar-refractivity contribution in [1.82, 2.24) is 4.90 Å². The van der Waals surface area contributed by atoms with E-state index in [4.69, 9.17) is 9.47 Å². The number of carboxylic acids is 1. The second-order valence-electron chi connectivity index (χ2n) is 6.19. The number of ether oxygens (including phenoxy) is 2. The minimum absolute atomic E-state index is 0.124. The molecule has 7 nitrogen and oxygen atoms in total. The smallest absolute Gasteiger partial charge is 0.293 e. The number of carbonyl (C=O) groups excluding carboxylic acids is 3. The van der Waals surface area contributed by atoms with E-state index in [1.54, 1.807) is 24.3 Å². The predicted molar refractivity (Wildman–Crippen MR) is 106 cm³/mol. The summed E-state index contributed by atoms with van der Waals surface area (Å²) < 4.78 is 10.8. The number of amides is 2. The third kappa shape index (κ3) is 5.39. The molecule has 0 atom stereocenters. The van der Waals surface area contributed by atoms with Gasteiger partial charge in [0, 0.05) is 5.56 Å². The average molecular weight is 412 g/mol. The summed E-state index contributed by atoms with van der Waals surface area (Å²) in [6, 6.07) is 14.1. The molecule has 1 saturated heterocycles. The van der Waals surface area contributed by atoms with E-state index in [2.05, 4.69) is 0 Å². The molecule has 0 bridgehead atoms. The van der Waals surface area contributed by atoms with Crippen molar-refractivity contribution >= 4 is 35.0 Å². The van der Waals surface area contributed by atoms with Gasteiger partial charge in [-0.2, -0.15) is 0 Å². The van der Waals surface area contributed by atoms with Crippen LogP contribution in [0, 0.1) is 6.92 Å². The Morgan fingerprint density at radius 2 is 1.83 bits per heavy atom. The molecule has 0 N–H and O–H groups in total. The lowest BCUT2D eigenvalue weighted by Crippen LogP contribution is -2.32. The number of carboxylic acid groups (broad SMARTS) is 1. The monoisotopic (exact) mass is 412 g/mol. The number of benzene rings is 2. The number of hydrogen-bond acceptors (Lipinski definition) is 7. The maximum absolute atomic E-state index is 12.6. The molecule has 0 aromatic heterocycles. The Labute approximate surface area is 171 Å². The van der Waals surface area contributed by atoms with Gasteiger partial charge >= 0.3 is 0 Å². The SMILES string of the molecule is Cc1ccc(OCCN2C(=O)S/C(=C\c3ccccc3OCC(=O)[O-])C2=O)cc1. The minimum atomic E-state index is -1.35. The number of hydrogen-bond donors (Lipinski definition) is 0. The van der Waals surface area contributed by atoms with Crippen molar-refractivity contribution < 1.29 is 29.0 Å². The first kappa shape index (κ1) is 20.5. The zero-order chi connectivity index (χ0) is 20.8. The highest BCUT2D eigenvalue weighted by Crippen LogP contribution is 2.33. The van der Waals surface area contributed by atoms with Crippen LogP contribution < -0.4 is 14.6 Å². The molecular weight excluding hydrogens is 394 g/mol. The summed E-state index contributed by atoms with van der Waals surface area (Å²) >= 11 is 0.817. The van der Waals surface area contributed by atoms with E-state index in [9.17, 15) is 19.5 Å². The highest BCUT2D eigenvalue weighted by molar-refractivity contribution is 8.18. The molecule has 2 aromatic carbocycles. The van der Waals surface area contributed by atoms with Crippen molar-refractivity contribution in [3.8, 4) is 11.5 Å². The summed E-state index contributed by atoms with van der Waals surface area (Å²) in [6.45, 7) is 1.67. The van der Waals surface area contributed by atoms with Crippen LogP contribution in [0.25, 0.3) is 6.08 Å². The molecule has 1 fully saturated rings. The van der Waals surface area contributed by atoms with Gasteiger partial charge in [-0.1, -0.05) is 35.9 Å². The zero-order valence-electron chi connectivity index (χ0n) is 15.6. The van der Waals surface area contributed by atoms with Crippen LogP contribution >= 0.6 is 11.8 Å². The second kappa shape index (κ2) is 9.29. The zero-order valence-corrected chi connectivity index (χ0v) is 16.4. The lowest BCUT2D eigenvalue weighted by atomic mass is 10.2. The number of para-hydroxylation sites is 1. The van der Waals surface area contributed by atoms with E-state index in [1.807, 2.05) is 31.2 Å². The van der Waals surface area contributed by atoms with Crippen molar-refractivity contribution in [2.45, 2.75) is 6.92 Å². The first-order chi connectivity index (χ1) is 13.9. The Hall–Kier alpha value is -3.26. The number of aryl methyl sites for hydroxylation is 1. The van der Waals surface area contributed by atoms with Gasteiger partial charge in [-0.3, -0.25) is 14.5 Å². The summed E-state index contributed by atoms with van der Waals surface area (Å²) in [6.07, 6.45) is 1.51. The van der Waals surface area contributed by atoms with Gasteiger partial charge in [0.2, 0.25) is 0 Å². The average Bonchev–Trinajstić information content (AvgIpc) is 2.96. The molecule has 2 amide bonds. The molecule has 8 heteroatoms. The molecule has 0 aliphatic carbocycles. The van der Waals surface area contributed by atoms with Gasteiger partial charge in [0.05, 0.1) is 17.4 Å². The molecule has 2 aromatic rings. The highest BCUT2D eigenvalue weighted by atomic mass is 32.2. The number of nitrogens with zero attached hydrogens (tertiary/aromatic N) is 1. The number of aliphatic carboxylic acids is 1. The summed E-state index contributed by atoms with van der Waals surface area (Å²) in [7, 11) is 0. The number of imide groups is 1. The van der Waals surface area contributed by atoms with E-state index in [0.29, 0.717) is 11.3 Å². The predicted octanol–water partition coefficient (Wildman–Crippen LogP) is 2.24. The van der Waals surface area contributed by atoms with E-state index in [0.717, 1.165) is 22.2 Å². The van der Waals surface area contributed by atoms with E-state index in [-0.39, 0.29) is 29.0 Å². The molecule has 0 saturated carbocycles. The van der Waals surface area contributed by atoms with Crippen LogP contribution in [0.5, 0.6) is 11.5 Å². The molecule has 150 valence electrons. The molecule has 1 aliphatic rings. The van der Waals surface area contributed by atoms with Gasteiger partial charge in [0.1, 0.15) is 24.7 Å². The van der Waals surface area contributed by atoms with Gasteiger partial charge < -0.3 is 19.4 Å². The summed E-state index contributed by atoms with van der Waals surface area (Å²) in [4.78, 5) is 36.8. The number of rotatable bonds is 8. The lowest BCUT2D eigenvalue weighted by Gasteiger charge is -2.13. The third-order valence-corrected chi connectivity index (χ3v) is 4.94. The van der Waals surface area contributed by atoms with Crippen LogP contribution in [0.3, 0.4) is 0 Å². The Bertz CT molecular complexity index is 954. The van der Waals surface area contributed by atoms with E-state index >= 15 is 0 Å². The quantitative estimate of drug-likeness (QED) is 0.614. The Kier molecular flexibility index (Phi) is 6.56. The molecular formula is C21H18NO6S-. The molecule has 3 rings (SSSR count). The molecule has 1 aliphatic heterocycles. The van der Waals surface area contributed by atoms with Crippen LogP contribution in [0.4, 0.5) is 4.79 Å². The van der Waals surface area contributed by atoms with Crippen LogP contribution in [0.2, 0.25) is 0 Å². The molecule has 29 heavy (non-hydrogen) atoms. The van der Waals surface area contributed by atoms with Crippen molar-refractivity contribution in [3.05, 3.63) is 64.6 Å². The van der Waals surface area contributed by atoms with Crippen LogP contribution in [0.15, 0.2) is 53.4 Å². The van der Waals surface area contributed by atoms with E-state index < -0.39 is 18.5 Å². The van der Waals surface area contributed by atoms with Crippen molar-refractivity contribution in [1.29, 1.82) is 0 Å². The standard InChI is InChI=1S/C21H19NO6S/c1-14-6-8-16(9-7-14)27-11-10-22-20(25)18(29-21(22)26)12-15-4-2-3-5-17(15)28-13-19(23)24/h2-9,12H,10-11,13H2,1H3,(H,23,24)/p-1/b18-12-. The van der Waals surface area contributed by atoms with Gasteiger partial charge in [-0.15, -0.1) is 0 Å². The fraction of sp³-hybridized carbons (Fsp3) is 0.190. The lowest BCUT2D eigenvalue weighted by molar-refractivity contribution is -0.307. The highest BCUT2D eigenvalue weighted by Gasteiger charge is 2.35. The molecule has 1 heterocycles. The second-order valence-corrected chi connectivity index (χ2v) is 7.19. The maximum Gasteiger partial charge on any atom is 0.293 e. The fourth-order valence-electron chi connectivity index (χ4n) is 2.59. The molecule has 0 unspecified atom stereocenters. The van der Waals surface area contributed by atoms with Gasteiger partial charge in [0.25, 0.3) is 11.1 Å². The first-order valence-electron chi connectivity index (χ1n) is 8.80. The number of thioether (sulfide) groups is 1. The Morgan fingerprint density at radius 3 is 2.55 bits per heavy atom. The Balaban J connectivity index is 1.65. The van der Waals surface area contributed by atoms with Crippen LogP contribution in [-0.2, 0) is 9.59 Å². The summed E-state index contributed by atoms with van der Waals surface area (Å²) in [5.41, 5.74) is 1.60. The van der Waals surface area contributed by atoms with Gasteiger partial charge in [-0.05, 0) is 43.0 Å². The van der Waals surface area contributed by atoms with Gasteiger partial charge in [-0.25, -0.2) is 0 Å². The minimum Gasteiger partial charge on any atom is -0.546 e. The van der Waals surface area contributed by atoms with Crippen molar-refractivity contribution in [3.63, 3.8) is 0 Å². The Morgan fingerprint density at radius 1 is 1.10 bits per heavy atom. The van der Waals surface area contributed by atoms with Crippen molar-refractivity contribution in [2.24, 2.45) is 0 Å². The fourth-order valence-corrected chi connectivity index (χ4v) is 3.45. The van der Waals surface area contributed by atoms with Crippen LogP contribution in [0.1, 0.15) is 11.1 Å². The topological polar surface area (TPSA) is 96.0 Å². The molecule has 0 radical (unpaired) electrons. The normalized spacial score (nSPS) is 15.1. The summed E-state index contributed by atoms with van der Waals surface area (Å²) in [5.74, 6) is -0.834. The third-order valence-electron chi connectivity index (χ3n) is 4.03. The molecule has 0 spiro atoms.